The van der Waals surface area contributed by atoms with Gasteiger partial charge >= 0.3 is 23.1 Å². The summed E-state index contributed by atoms with van der Waals surface area (Å²) in [6.45, 7) is 0. The van der Waals surface area contributed by atoms with E-state index in [0.717, 1.165) is 0 Å². The van der Waals surface area contributed by atoms with E-state index in [0.29, 0.717) is 0 Å². The van der Waals surface area contributed by atoms with Gasteiger partial charge in [-0.2, -0.15) is 0 Å². The molecule has 1 heterocycles. The Morgan fingerprint density at radius 1 is 0.625 bits per heavy atom. The molecule has 3 rings (SSSR count). The van der Waals surface area contributed by atoms with Crippen LogP contribution in [0.15, 0.2) is 48.5 Å². The summed E-state index contributed by atoms with van der Waals surface area (Å²) in [5, 5.41) is 2.76. The summed E-state index contributed by atoms with van der Waals surface area (Å²) >= 11 is 1.86. The monoisotopic (exact) mass is 366 g/mol. The molecule has 78 valence electrons. The van der Waals surface area contributed by atoms with Crippen molar-refractivity contribution in [1.82, 2.24) is 0 Å². The van der Waals surface area contributed by atoms with Crippen LogP contribution in [-0.2, 0) is 0 Å². The fourth-order valence-corrected chi connectivity index (χ4v) is 2.78. The third-order valence-electron chi connectivity index (χ3n) is 2.28. The summed E-state index contributed by atoms with van der Waals surface area (Å²) in [6, 6.07) is 17.1. The largest absolute Gasteiger partial charge is 2.00 e. The molecule has 2 aromatic carbocycles. The smallest absolute Gasteiger partial charge is 1.00 e. The first-order valence-electron chi connectivity index (χ1n) is 4.31. The van der Waals surface area contributed by atoms with E-state index in [1.54, 1.807) is 0 Å². The zero-order valence-corrected chi connectivity index (χ0v) is 13.9. The third-order valence-corrected chi connectivity index (χ3v) is 3.44. The molecule has 0 saturated carbocycles. The Morgan fingerprint density at radius 3 is 1.44 bits per heavy atom. The van der Waals surface area contributed by atoms with Crippen molar-refractivity contribution in [3.05, 3.63) is 48.5 Å². The van der Waals surface area contributed by atoms with Crippen LogP contribution in [0.5, 0.6) is 0 Å². The molecule has 3 aromatic rings. The molecular formula is C12H8Br2MgS. The molecule has 0 aliphatic carbocycles. The Bertz CT molecular complexity index is 527. The molecule has 0 nitrogen and oxygen atoms in total. The van der Waals surface area contributed by atoms with Crippen LogP contribution in [0.1, 0.15) is 0 Å². The van der Waals surface area contributed by atoms with E-state index in [9.17, 15) is 0 Å². The van der Waals surface area contributed by atoms with E-state index in [1.165, 1.54) is 20.2 Å². The van der Waals surface area contributed by atoms with Crippen LogP contribution in [0.25, 0.3) is 20.2 Å². The number of benzene rings is 2. The van der Waals surface area contributed by atoms with E-state index in [2.05, 4.69) is 48.5 Å². The van der Waals surface area contributed by atoms with E-state index in [-0.39, 0.29) is 57.0 Å². The fraction of sp³-hybridized carbons (Fsp3) is 0. The molecule has 16 heavy (non-hydrogen) atoms. The summed E-state index contributed by atoms with van der Waals surface area (Å²) in [5.74, 6) is 0. The number of rotatable bonds is 0. The maximum atomic E-state index is 2.19. The van der Waals surface area contributed by atoms with Gasteiger partial charge in [0, 0.05) is 20.2 Å². The van der Waals surface area contributed by atoms with Gasteiger partial charge in [0.25, 0.3) is 0 Å². The van der Waals surface area contributed by atoms with Crippen molar-refractivity contribution in [3.63, 3.8) is 0 Å². The van der Waals surface area contributed by atoms with Crippen molar-refractivity contribution in [2.24, 2.45) is 0 Å². The summed E-state index contributed by atoms with van der Waals surface area (Å²) < 4.78 is 2.76. The van der Waals surface area contributed by atoms with Gasteiger partial charge in [-0.1, -0.05) is 36.4 Å². The molecule has 0 N–H and O–H groups in total. The molecule has 0 unspecified atom stereocenters. The van der Waals surface area contributed by atoms with Crippen LogP contribution >= 0.6 is 11.3 Å². The first-order valence-corrected chi connectivity index (χ1v) is 5.13. The maximum absolute atomic E-state index is 2.19. The Morgan fingerprint density at radius 2 is 1.00 bits per heavy atom. The van der Waals surface area contributed by atoms with Crippen LogP contribution < -0.4 is 34.0 Å². The second kappa shape index (κ2) is 6.96. The normalized spacial score (nSPS) is 9.00. The minimum Gasteiger partial charge on any atom is -1.00 e. The van der Waals surface area contributed by atoms with Crippen LogP contribution in [-0.4, -0.2) is 23.1 Å². The van der Waals surface area contributed by atoms with E-state index in [1.807, 2.05) is 11.3 Å². The second-order valence-corrected chi connectivity index (χ2v) is 4.18. The van der Waals surface area contributed by atoms with Crippen LogP contribution in [0.3, 0.4) is 0 Å². The van der Waals surface area contributed by atoms with E-state index in [4.69, 9.17) is 0 Å². The third kappa shape index (κ3) is 2.79. The Labute approximate surface area is 136 Å². The number of hydrogen-bond donors (Lipinski definition) is 0. The quantitative estimate of drug-likeness (QED) is 0.391. The number of halogens is 2. The predicted octanol–water partition coefficient (Wildman–Crippen LogP) is -2.32. The van der Waals surface area contributed by atoms with Gasteiger partial charge in [0.05, 0.1) is 0 Å². The maximum Gasteiger partial charge on any atom is 2.00 e. The van der Waals surface area contributed by atoms with E-state index >= 15 is 0 Å². The van der Waals surface area contributed by atoms with Crippen molar-refractivity contribution in [2.75, 3.05) is 0 Å². The standard InChI is InChI=1S/C12H8S.2BrH.Mg/c1-3-7-11-9(5-1)10-6-2-4-8-12(10)13-11;;;/h1-8H;2*1H;/q;;;+2/p-2. The molecule has 1 aromatic heterocycles. The van der Waals surface area contributed by atoms with Crippen molar-refractivity contribution >= 4 is 54.6 Å². The Hall–Kier alpha value is 0.386. The molecule has 4 heteroatoms. The molecule has 0 bridgehead atoms. The van der Waals surface area contributed by atoms with Crippen LogP contribution in [0.4, 0.5) is 0 Å². The predicted molar refractivity (Wildman–Crippen MR) is 65.1 cm³/mol. The summed E-state index contributed by atoms with van der Waals surface area (Å²) in [6.07, 6.45) is 0. The zero-order valence-electron chi connectivity index (χ0n) is 8.49. The molecule has 0 spiro atoms. The fourth-order valence-electron chi connectivity index (χ4n) is 1.67. The number of thiophene rings is 1. The SMILES string of the molecule is [Br-].[Br-].[Mg+2].c1ccc2c(c1)sc1ccccc12. The molecule has 0 fully saturated rings. The zero-order chi connectivity index (χ0) is 8.67. The molecule has 0 amide bonds. The Balaban J connectivity index is 0.000000750. The van der Waals surface area contributed by atoms with Crippen molar-refractivity contribution in [1.29, 1.82) is 0 Å². The van der Waals surface area contributed by atoms with Gasteiger partial charge in [0.2, 0.25) is 0 Å². The molecular weight excluding hydrogens is 360 g/mol. The van der Waals surface area contributed by atoms with Gasteiger partial charge in [-0.15, -0.1) is 11.3 Å². The van der Waals surface area contributed by atoms with Crippen molar-refractivity contribution < 1.29 is 34.0 Å². The molecule has 0 aliphatic rings. The van der Waals surface area contributed by atoms with E-state index < -0.39 is 0 Å². The number of hydrogen-bond acceptors (Lipinski definition) is 1. The van der Waals surface area contributed by atoms with Crippen molar-refractivity contribution in [3.8, 4) is 0 Å². The molecule has 0 saturated heterocycles. The van der Waals surface area contributed by atoms with Gasteiger partial charge in [0.1, 0.15) is 0 Å². The first-order chi connectivity index (χ1) is 6.45. The minimum atomic E-state index is 0. The van der Waals surface area contributed by atoms with Crippen molar-refractivity contribution in [2.45, 2.75) is 0 Å². The van der Waals surface area contributed by atoms with Crippen LogP contribution in [0, 0.1) is 0 Å². The van der Waals surface area contributed by atoms with Gasteiger partial charge in [-0.05, 0) is 12.1 Å². The van der Waals surface area contributed by atoms with Crippen LogP contribution in [0.2, 0.25) is 0 Å². The van der Waals surface area contributed by atoms with Gasteiger partial charge in [-0.3, -0.25) is 0 Å². The summed E-state index contributed by atoms with van der Waals surface area (Å²) in [5.41, 5.74) is 0. The first kappa shape index (κ1) is 16.4. The molecule has 0 atom stereocenters. The minimum absolute atomic E-state index is 0. The average molecular weight is 368 g/mol. The Kier molecular flexibility index (Phi) is 7.13. The molecule has 0 radical (unpaired) electrons. The van der Waals surface area contributed by atoms with Gasteiger partial charge in [-0.25, -0.2) is 0 Å². The summed E-state index contributed by atoms with van der Waals surface area (Å²) in [4.78, 5) is 0. The average Bonchev–Trinajstić information content (AvgIpc) is 2.56. The second-order valence-electron chi connectivity index (χ2n) is 3.09. The molecule has 0 aliphatic heterocycles. The topological polar surface area (TPSA) is 0 Å². The van der Waals surface area contributed by atoms with Gasteiger partial charge < -0.3 is 34.0 Å². The summed E-state index contributed by atoms with van der Waals surface area (Å²) in [7, 11) is 0. The van der Waals surface area contributed by atoms with Gasteiger partial charge in [0.15, 0.2) is 0 Å². The number of fused-ring (bicyclic) bond motifs is 3.